The monoisotopic (exact) mass is 286 g/mol. The molecular weight excluding hydrogens is 260 g/mol. The molecule has 20 heavy (non-hydrogen) atoms. The molecule has 0 spiro atoms. The van der Waals surface area contributed by atoms with Crippen LogP contribution in [-0.2, 0) is 19.1 Å². The zero-order valence-electron chi connectivity index (χ0n) is 12.3. The Morgan fingerprint density at radius 2 is 1.75 bits per heavy atom. The van der Waals surface area contributed by atoms with Crippen LogP contribution in [0.15, 0.2) is 0 Å². The Labute approximate surface area is 120 Å². The highest BCUT2D eigenvalue weighted by Gasteiger charge is 2.36. The summed E-state index contributed by atoms with van der Waals surface area (Å²) in [5.41, 5.74) is 0. The van der Waals surface area contributed by atoms with E-state index >= 15 is 0 Å². The van der Waals surface area contributed by atoms with Gasteiger partial charge in [0.1, 0.15) is 6.61 Å². The number of carbonyl (C=O) groups is 2. The second-order valence-electron chi connectivity index (χ2n) is 5.32. The summed E-state index contributed by atoms with van der Waals surface area (Å²) in [6.07, 6.45) is 6.28. The molecule has 0 amide bonds. The van der Waals surface area contributed by atoms with Gasteiger partial charge >= 0.3 is 11.9 Å². The van der Waals surface area contributed by atoms with Gasteiger partial charge in [0.05, 0.1) is 18.4 Å². The molecule has 1 rings (SSSR count). The normalized spacial score (nSPS) is 22.4. The summed E-state index contributed by atoms with van der Waals surface area (Å²) in [6.45, 7) is 3.42. The number of rotatable bonds is 9. The lowest BCUT2D eigenvalue weighted by Gasteiger charge is -2.26. The molecule has 1 fully saturated rings. The van der Waals surface area contributed by atoms with E-state index in [0.29, 0.717) is 26.1 Å². The molecule has 2 unspecified atom stereocenters. The summed E-state index contributed by atoms with van der Waals surface area (Å²) >= 11 is 0. The molecule has 5 heteroatoms. The summed E-state index contributed by atoms with van der Waals surface area (Å²) in [6, 6.07) is 0. The van der Waals surface area contributed by atoms with Crippen molar-refractivity contribution in [1.82, 2.24) is 0 Å². The molecule has 1 N–H and O–H groups in total. The fourth-order valence-corrected chi connectivity index (χ4v) is 2.57. The number of unbranched alkanes of at least 4 members (excludes halogenated alkanes) is 2. The van der Waals surface area contributed by atoms with Gasteiger partial charge in [0.15, 0.2) is 0 Å². The second kappa shape index (κ2) is 9.75. The van der Waals surface area contributed by atoms with Crippen molar-refractivity contribution in [3.05, 3.63) is 0 Å². The molecule has 0 aliphatic heterocycles. The van der Waals surface area contributed by atoms with Gasteiger partial charge in [-0.15, -0.1) is 0 Å². The van der Waals surface area contributed by atoms with Crippen molar-refractivity contribution < 1.29 is 24.2 Å². The van der Waals surface area contributed by atoms with Crippen LogP contribution in [-0.4, -0.2) is 36.9 Å². The minimum atomic E-state index is -0.887. The average molecular weight is 286 g/mol. The standard InChI is InChI=1S/C15H26O5/c1-2-3-6-9-19-10-11-20-15(18)13-8-5-4-7-12(13)14(16)17/h12-13H,2-11H2,1H3,(H,16,17). The molecule has 1 saturated carbocycles. The fourth-order valence-electron chi connectivity index (χ4n) is 2.57. The zero-order valence-corrected chi connectivity index (χ0v) is 12.3. The van der Waals surface area contributed by atoms with E-state index in [9.17, 15) is 9.59 Å². The Bertz CT molecular complexity index is 303. The van der Waals surface area contributed by atoms with E-state index in [4.69, 9.17) is 14.6 Å². The number of aliphatic carboxylic acids is 1. The quantitative estimate of drug-likeness (QED) is 0.521. The highest BCUT2D eigenvalue weighted by molar-refractivity contribution is 5.81. The molecule has 0 radical (unpaired) electrons. The summed E-state index contributed by atoms with van der Waals surface area (Å²) in [5.74, 6) is -2.33. The third-order valence-corrected chi connectivity index (χ3v) is 3.75. The molecule has 1 aliphatic carbocycles. The van der Waals surface area contributed by atoms with Crippen molar-refractivity contribution in [3.63, 3.8) is 0 Å². The third-order valence-electron chi connectivity index (χ3n) is 3.75. The first kappa shape index (κ1) is 17.0. The minimum Gasteiger partial charge on any atom is -0.481 e. The molecule has 0 bridgehead atoms. The topological polar surface area (TPSA) is 72.8 Å². The molecule has 0 aromatic carbocycles. The van der Waals surface area contributed by atoms with Gasteiger partial charge in [0.2, 0.25) is 0 Å². The van der Waals surface area contributed by atoms with Crippen molar-refractivity contribution >= 4 is 11.9 Å². The smallest absolute Gasteiger partial charge is 0.309 e. The van der Waals surface area contributed by atoms with Crippen LogP contribution < -0.4 is 0 Å². The van der Waals surface area contributed by atoms with E-state index in [2.05, 4.69) is 6.92 Å². The number of carboxylic acid groups (broad SMARTS) is 1. The van der Waals surface area contributed by atoms with Gasteiger partial charge in [-0.2, -0.15) is 0 Å². The molecule has 0 saturated heterocycles. The Kier molecular flexibility index (Phi) is 8.26. The first-order chi connectivity index (χ1) is 9.66. The van der Waals surface area contributed by atoms with Crippen LogP contribution in [0.1, 0.15) is 51.9 Å². The maximum atomic E-state index is 11.9. The van der Waals surface area contributed by atoms with E-state index < -0.39 is 17.8 Å². The van der Waals surface area contributed by atoms with E-state index in [0.717, 1.165) is 32.1 Å². The molecular formula is C15H26O5. The van der Waals surface area contributed by atoms with E-state index in [1.165, 1.54) is 0 Å². The lowest BCUT2D eigenvalue weighted by molar-refractivity contribution is -0.160. The Morgan fingerprint density at radius 3 is 2.40 bits per heavy atom. The maximum absolute atomic E-state index is 11.9. The second-order valence-corrected chi connectivity index (χ2v) is 5.32. The lowest BCUT2D eigenvalue weighted by Crippen LogP contribution is -2.34. The first-order valence-electron chi connectivity index (χ1n) is 7.64. The van der Waals surface area contributed by atoms with Gasteiger partial charge in [-0.3, -0.25) is 9.59 Å². The van der Waals surface area contributed by atoms with Gasteiger partial charge in [0, 0.05) is 6.61 Å². The first-order valence-corrected chi connectivity index (χ1v) is 7.64. The number of carbonyl (C=O) groups excluding carboxylic acids is 1. The SMILES string of the molecule is CCCCCOCCOC(=O)C1CCCCC1C(=O)O. The van der Waals surface area contributed by atoms with Gasteiger partial charge in [-0.1, -0.05) is 32.6 Å². The predicted octanol–water partition coefficient (Wildman–Crippen LogP) is 2.63. The van der Waals surface area contributed by atoms with Crippen molar-refractivity contribution in [1.29, 1.82) is 0 Å². The molecule has 2 atom stereocenters. The molecule has 0 aromatic heterocycles. The fraction of sp³-hybridized carbons (Fsp3) is 0.867. The molecule has 1 aliphatic rings. The molecule has 5 nitrogen and oxygen atoms in total. The Balaban J connectivity index is 2.19. The van der Waals surface area contributed by atoms with Crippen LogP contribution in [0.2, 0.25) is 0 Å². The molecule has 116 valence electrons. The predicted molar refractivity (Wildman–Crippen MR) is 74.4 cm³/mol. The summed E-state index contributed by atoms with van der Waals surface area (Å²) in [4.78, 5) is 23.0. The molecule has 0 aromatic rings. The number of ether oxygens (including phenoxy) is 2. The largest absolute Gasteiger partial charge is 0.481 e. The minimum absolute atomic E-state index is 0.216. The Hall–Kier alpha value is -1.10. The van der Waals surface area contributed by atoms with Crippen LogP contribution in [0.4, 0.5) is 0 Å². The summed E-state index contributed by atoms with van der Waals surface area (Å²) in [5, 5.41) is 9.12. The van der Waals surface area contributed by atoms with E-state index in [1.54, 1.807) is 0 Å². The van der Waals surface area contributed by atoms with Crippen molar-refractivity contribution in [3.8, 4) is 0 Å². The number of carboxylic acids is 1. The van der Waals surface area contributed by atoms with Crippen LogP contribution in [0.3, 0.4) is 0 Å². The van der Waals surface area contributed by atoms with Gasteiger partial charge in [-0.25, -0.2) is 0 Å². The highest BCUT2D eigenvalue weighted by atomic mass is 16.6. The van der Waals surface area contributed by atoms with Gasteiger partial charge in [0.25, 0.3) is 0 Å². The maximum Gasteiger partial charge on any atom is 0.309 e. The van der Waals surface area contributed by atoms with Crippen LogP contribution in [0.25, 0.3) is 0 Å². The lowest BCUT2D eigenvalue weighted by atomic mass is 9.79. The van der Waals surface area contributed by atoms with Crippen LogP contribution in [0.5, 0.6) is 0 Å². The van der Waals surface area contributed by atoms with E-state index in [1.807, 2.05) is 0 Å². The van der Waals surface area contributed by atoms with E-state index in [-0.39, 0.29) is 12.6 Å². The highest BCUT2D eigenvalue weighted by Crippen LogP contribution is 2.31. The van der Waals surface area contributed by atoms with Crippen molar-refractivity contribution in [2.75, 3.05) is 19.8 Å². The van der Waals surface area contributed by atoms with Crippen molar-refractivity contribution in [2.24, 2.45) is 11.8 Å². The average Bonchev–Trinajstić information content (AvgIpc) is 2.46. The number of esters is 1. The Morgan fingerprint density at radius 1 is 1.05 bits per heavy atom. The summed E-state index contributed by atoms with van der Waals surface area (Å²) < 4.78 is 10.5. The number of hydrogen-bond donors (Lipinski definition) is 1. The van der Waals surface area contributed by atoms with Gasteiger partial charge < -0.3 is 14.6 Å². The third kappa shape index (κ3) is 5.90. The summed E-state index contributed by atoms with van der Waals surface area (Å²) in [7, 11) is 0. The van der Waals surface area contributed by atoms with Gasteiger partial charge in [-0.05, 0) is 19.3 Å². The van der Waals surface area contributed by atoms with Crippen LogP contribution in [0, 0.1) is 11.8 Å². The number of hydrogen-bond acceptors (Lipinski definition) is 4. The van der Waals surface area contributed by atoms with Crippen molar-refractivity contribution in [2.45, 2.75) is 51.9 Å². The molecule has 0 heterocycles. The van der Waals surface area contributed by atoms with Crippen LogP contribution >= 0.6 is 0 Å². The zero-order chi connectivity index (χ0) is 14.8.